The Kier molecular flexibility index (Phi) is 5.15. The van der Waals surface area contributed by atoms with Crippen LogP contribution in [0, 0.1) is 0 Å². The Bertz CT molecular complexity index is 401. The van der Waals surface area contributed by atoms with Crippen LogP contribution in [-0.4, -0.2) is 14.9 Å². The van der Waals surface area contributed by atoms with Gasteiger partial charge >= 0.3 is 0 Å². The summed E-state index contributed by atoms with van der Waals surface area (Å²) in [4.78, 5) is 0. The summed E-state index contributed by atoms with van der Waals surface area (Å²) in [6, 6.07) is 7.34. The predicted octanol–water partition coefficient (Wildman–Crippen LogP) is 5.48. The molecule has 4 heteroatoms. The summed E-state index contributed by atoms with van der Waals surface area (Å²) in [6.07, 6.45) is -1.06. The summed E-state index contributed by atoms with van der Waals surface area (Å²) < 4.78 is 20.9. The summed E-state index contributed by atoms with van der Waals surface area (Å²) in [7, 11) is -1.87. The number of alkyl halides is 1. The van der Waals surface area contributed by atoms with Crippen LogP contribution >= 0.6 is 15.9 Å². The molecule has 0 radical (unpaired) electrons. The first-order valence-electron chi connectivity index (χ1n) is 6.17. The topological polar surface area (TPSA) is 9.23 Å². The maximum absolute atomic E-state index is 14.1. The van der Waals surface area contributed by atoms with Gasteiger partial charge in [-0.3, -0.25) is 0 Å². The molecular weight excluding hydrogens is 311 g/mol. The zero-order chi connectivity index (χ0) is 14.0. The molecule has 0 amide bonds. The van der Waals surface area contributed by atoms with E-state index in [2.05, 4.69) is 49.8 Å². The highest BCUT2D eigenvalue weighted by Crippen LogP contribution is 2.37. The van der Waals surface area contributed by atoms with E-state index in [-0.39, 0.29) is 11.6 Å². The van der Waals surface area contributed by atoms with Crippen molar-refractivity contribution < 1.29 is 8.82 Å². The van der Waals surface area contributed by atoms with Crippen LogP contribution in [0.2, 0.25) is 18.1 Å². The van der Waals surface area contributed by atoms with Crippen molar-refractivity contribution in [1.82, 2.24) is 0 Å². The van der Waals surface area contributed by atoms with Gasteiger partial charge in [-0.15, -0.1) is 0 Å². The van der Waals surface area contributed by atoms with Crippen molar-refractivity contribution in [3.8, 4) is 0 Å². The van der Waals surface area contributed by atoms with Crippen molar-refractivity contribution in [2.24, 2.45) is 0 Å². The summed E-state index contributed by atoms with van der Waals surface area (Å²) in [5.41, 5.74) is 0.670. The first-order valence-corrected chi connectivity index (χ1v) is 9.87. The lowest BCUT2D eigenvalue weighted by Crippen LogP contribution is -2.41. The third-order valence-corrected chi connectivity index (χ3v) is 8.60. The van der Waals surface area contributed by atoms with Gasteiger partial charge in [0.05, 0.1) is 6.61 Å². The van der Waals surface area contributed by atoms with E-state index in [1.54, 1.807) is 12.1 Å². The van der Waals surface area contributed by atoms with Crippen molar-refractivity contribution in [2.75, 3.05) is 6.61 Å². The normalized spacial score (nSPS) is 14.6. The molecular formula is C14H22BrFOSi. The minimum atomic E-state index is -1.87. The molecule has 18 heavy (non-hydrogen) atoms. The molecule has 0 fully saturated rings. The quantitative estimate of drug-likeness (QED) is 0.663. The lowest BCUT2D eigenvalue weighted by atomic mass is 10.1. The van der Waals surface area contributed by atoms with E-state index in [4.69, 9.17) is 4.43 Å². The highest BCUT2D eigenvalue weighted by Gasteiger charge is 2.37. The molecule has 0 spiro atoms. The standard InChI is InChI=1S/C14H22BrFOSi/c1-14(2,3)18(4,5)17-10-13(16)11-7-6-8-12(15)9-11/h6-9,13H,10H2,1-5H3. The lowest BCUT2D eigenvalue weighted by molar-refractivity contribution is 0.183. The molecule has 0 aliphatic carbocycles. The Morgan fingerprint density at radius 2 is 1.94 bits per heavy atom. The van der Waals surface area contributed by atoms with Gasteiger partial charge in [-0.05, 0) is 35.8 Å². The fourth-order valence-corrected chi connectivity index (χ4v) is 2.71. The van der Waals surface area contributed by atoms with Gasteiger partial charge in [-0.2, -0.15) is 0 Å². The Morgan fingerprint density at radius 3 is 2.44 bits per heavy atom. The molecule has 0 aromatic heterocycles. The molecule has 0 heterocycles. The Hall–Kier alpha value is -0.193. The maximum atomic E-state index is 14.1. The SMILES string of the molecule is CC(C)(C)[Si](C)(C)OCC(F)c1cccc(Br)c1. The van der Waals surface area contributed by atoms with Crippen molar-refractivity contribution in [3.05, 3.63) is 34.3 Å². The summed E-state index contributed by atoms with van der Waals surface area (Å²) >= 11 is 3.35. The van der Waals surface area contributed by atoms with Crippen LogP contribution in [0.4, 0.5) is 4.39 Å². The third kappa shape index (κ3) is 4.18. The van der Waals surface area contributed by atoms with Gasteiger partial charge in [0.15, 0.2) is 8.32 Å². The van der Waals surface area contributed by atoms with Gasteiger partial charge in [0.2, 0.25) is 0 Å². The molecule has 0 bridgehead atoms. The number of benzene rings is 1. The zero-order valence-electron chi connectivity index (χ0n) is 11.8. The van der Waals surface area contributed by atoms with Gasteiger partial charge in [0.1, 0.15) is 6.17 Å². The first kappa shape index (κ1) is 15.9. The van der Waals surface area contributed by atoms with Crippen LogP contribution in [0.1, 0.15) is 32.5 Å². The predicted molar refractivity (Wildman–Crippen MR) is 81.1 cm³/mol. The largest absolute Gasteiger partial charge is 0.414 e. The average Bonchev–Trinajstić information content (AvgIpc) is 2.24. The third-order valence-electron chi connectivity index (χ3n) is 3.61. The fraction of sp³-hybridized carbons (Fsp3) is 0.571. The smallest absolute Gasteiger partial charge is 0.192 e. The summed E-state index contributed by atoms with van der Waals surface area (Å²) in [5, 5.41) is 0.115. The van der Waals surface area contributed by atoms with E-state index < -0.39 is 14.5 Å². The molecule has 1 aromatic carbocycles. The second kappa shape index (κ2) is 5.84. The van der Waals surface area contributed by atoms with Gasteiger partial charge < -0.3 is 4.43 Å². The lowest BCUT2D eigenvalue weighted by Gasteiger charge is -2.36. The molecule has 1 rings (SSSR count). The van der Waals surface area contributed by atoms with E-state index in [9.17, 15) is 4.39 Å². The van der Waals surface area contributed by atoms with Crippen molar-refractivity contribution in [1.29, 1.82) is 0 Å². The molecule has 102 valence electrons. The van der Waals surface area contributed by atoms with Crippen LogP contribution in [0.15, 0.2) is 28.7 Å². The number of rotatable bonds is 4. The highest BCUT2D eigenvalue weighted by atomic mass is 79.9. The molecule has 0 aliphatic heterocycles. The number of hydrogen-bond acceptors (Lipinski definition) is 1. The van der Waals surface area contributed by atoms with E-state index in [0.717, 1.165) is 4.47 Å². The van der Waals surface area contributed by atoms with E-state index in [0.29, 0.717) is 5.56 Å². The monoisotopic (exact) mass is 332 g/mol. The molecule has 1 nitrogen and oxygen atoms in total. The van der Waals surface area contributed by atoms with Crippen LogP contribution in [0.5, 0.6) is 0 Å². The second-order valence-electron chi connectivity index (χ2n) is 6.09. The molecule has 0 saturated heterocycles. The van der Waals surface area contributed by atoms with Gasteiger partial charge in [-0.25, -0.2) is 4.39 Å². The minimum Gasteiger partial charge on any atom is -0.414 e. The summed E-state index contributed by atoms with van der Waals surface area (Å²) in [6.45, 7) is 10.9. The Morgan fingerprint density at radius 1 is 1.33 bits per heavy atom. The minimum absolute atomic E-state index is 0.115. The molecule has 1 unspecified atom stereocenters. The van der Waals surface area contributed by atoms with Crippen LogP contribution in [-0.2, 0) is 4.43 Å². The van der Waals surface area contributed by atoms with Crippen molar-refractivity contribution in [2.45, 2.75) is 45.1 Å². The van der Waals surface area contributed by atoms with Gasteiger partial charge in [-0.1, -0.05) is 48.8 Å². The van der Waals surface area contributed by atoms with Crippen molar-refractivity contribution >= 4 is 24.2 Å². The average molecular weight is 333 g/mol. The molecule has 1 atom stereocenters. The van der Waals surface area contributed by atoms with E-state index in [1.165, 1.54) is 0 Å². The van der Waals surface area contributed by atoms with E-state index >= 15 is 0 Å². The highest BCUT2D eigenvalue weighted by molar-refractivity contribution is 9.10. The molecule has 0 saturated carbocycles. The zero-order valence-corrected chi connectivity index (χ0v) is 14.3. The molecule has 0 N–H and O–H groups in total. The van der Waals surface area contributed by atoms with Gasteiger partial charge in [0, 0.05) is 4.47 Å². The first-order chi connectivity index (χ1) is 8.13. The summed E-state index contributed by atoms with van der Waals surface area (Å²) in [5.74, 6) is 0. The van der Waals surface area contributed by atoms with Crippen LogP contribution in [0.3, 0.4) is 0 Å². The van der Waals surface area contributed by atoms with Gasteiger partial charge in [0.25, 0.3) is 0 Å². The maximum Gasteiger partial charge on any atom is 0.192 e. The Balaban J connectivity index is 2.64. The number of hydrogen-bond donors (Lipinski definition) is 0. The number of halogens is 2. The molecule has 0 aliphatic rings. The van der Waals surface area contributed by atoms with Crippen molar-refractivity contribution in [3.63, 3.8) is 0 Å². The Labute approximate surface area is 119 Å². The van der Waals surface area contributed by atoms with Crippen LogP contribution < -0.4 is 0 Å². The van der Waals surface area contributed by atoms with Crippen LogP contribution in [0.25, 0.3) is 0 Å². The van der Waals surface area contributed by atoms with E-state index in [1.807, 2.05) is 12.1 Å². The molecule has 1 aromatic rings. The fourth-order valence-electron chi connectivity index (χ4n) is 1.30. The second-order valence-corrected chi connectivity index (χ2v) is 11.8.